The fourth-order valence-electron chi connectivity index (χ4n) is 5.10. The standard InChI is InChI=1S/C25H25ClF2N6O/c1-13-22(20-7-15-4-5-21(26)30-24(15)33(20)9-14-2-3-14)31-34-10-16(6-19(28)23(13)34)25(35)32-11-17(27)8-18(29)12-32/h4-7,10,14,17-18H,2-3,8-9,11-12,29H2,1H3/t17-,18-/m1/s1. The second-order valence-corrected chi connectivity index (χ2v) is 10.2. The van der Waals surface area contributed by atoms with Crippen LogP contribution in [0, 0.1) is 18.7 Å². The van der Waals surface area contributed by atoms with Crippen molar-refractivity contribution in [2.75, 3.05) is 13.1 Å². The van der Waals surface area contributed by atoms with Gasteiger partial charge in [-0.05, 0) is 56.4 Å². The van der Waals surface area contributed by atoms with Gasteiger partial charge in [-0.1, -0.05) is 11.6 Å². The van der Waals surface area contributed by atoms with Crippen LogP contribution < -0.4 is 5.73 Å². The quantitative estimate of drug-likeness (QED) is 0.423. The molecule has 1 aliphatic heterocycles. The van der Waals surface area contributed by atoms with Crippen LogP contribution >= 0.6 is 11.6 Å². The number of aromatic nitrogens is 4. The third-order valence-electron chi connectivity index (χ3n) is 6.97. The van der Waals surface area contributed by atoms with Crippen LogP contribution in [0.4, 0.5) is 8.78 Å². The van der Waals surface area contributed by atoms with Gasteiger partial charge in [0, 0.05) is 36.3 Å². The maximum absolute atomic E-state index is 15.3. The molecule has 0 aromatic carbocycles. The van der Waals surface area contributed by atoms with E-state index in [0.29, 0.717) is 27.8 Å². The molecular formula is C25H25ClF2N6O. The van der Waals surface area contributed by atoms with Crippen molar-refractivity contribution in [3.05, 3.63) is 52.6 Å². The van der Waals surface area contributed by atoms with Crippen molar-refractivity contribution >= 4 is 34.1 Å². The Labute approximate surface area is 205 Å². The van der Waals surface area contributed by atoms with Crippen molar-refractivity contribution < 1.29 is 13.6 Å². The van der Waals surface area contributed by atoms with Crippen molar-refractivity contribution in [1.29, 1.82) is 0 Å². The zero-order valence-corrected chi connectivity index (χ0v) is 20.0. The number of piperidine rings is 1. The molecule has 2 aliphatic rings. The molecule has 1 amide bonds. The fraction of sp³-hybridized carbons (Fsp3) is 0.400. The average molecular weight is 499 g/mol. The van der Waals surface area contributed by atoms with E-state index in [2.05, 4.69) is 9.55 Å². The molecule has 0 unspecified atom stereocenters. The van der Waals surface area contributed by atoms with Crippen LogP contribution in [0.5, 0.6) is 0 Å². The van der Waals surface area contributed by atoms with E-state index < -0.39 is 23.9 Å². The number of rotatable bonds is 4. The number of aryl methyl sites for hydroxylation is 1. The second kappa shape index (κ2) is 8.27. The number of alkyl halides is 1. The molecule has 1 aliphatic carbocycles. The third-order valence-corrected chi connectivity index (χ3v) is 7.18. The molecule has 7 nitrogen and oxygen atoms in total. The summed E-state index contributed by atoms with van der Waals surface area (Å²) in [6.45, 7) is 2.79. The van der Waals surface area contributed by atoms with Crippen molar-refractivity contribution in [3.8, 4) is 11.4 Å². The lowest BCUT2D eigenvalue weighted by Crippen LogP contribution is -2.50. The van der Waals surface area contributed by atoms with Crippen LogP contribution in [-0.2, 0) is 6.54 Å². The number of likely N-dealkylation sites (tertiary alicyclic amines) is 1. The summed E-state index contributed by atoms with van der Waals surface area (Å²) >= 11 is 6.18. The molecular weight excluding hydrogens is 474 g/mol. The number of hydrogen-bond acceptors (Lipinski definition) is 4. The van der Waals surface area contributed by atoms with Gasteiger partial charge in [-0.3, -0.25) is 4.79 Å². The van der Waals surface area contributed by atoms with Gasteiger partial charge in [0.25, 0.3) is 5.91 Å². The van der Waals surface area contributed by atoms with Crippen LogP contribution in [0.2, 0.25) is 5.15 Å². The molecule has 0 bridgehead atoms. The number of fused-ring (bicyclic) bond motifs is 2. The monoisotopic (exact) mass is 498 g/mol. The third kappa shape index (κ3) is 3.96. The highest BCUT2D eigenvalue weighted by Crippen LogP contribution is 2.37. The molecule has 2 fully saturated rings. The van der Waals surface area contributed by atoms with Crippen molar-refractivity contribution in [1.82, 2.24) is 24.1 Å². The van der Waals surface area contributed by atoms with Crippen LogP contribution in [0.25, 0.3) is 27.9 Å². The van der Waals surface area contributed by atoms with Gasteiger partial charge in [-0.2, -0.15) is 5.10 Å². The number of halogens is 3. The Bertz CT molecular complexity index is 1470. The van der Waals surface area contributed by atoms with Gasteiger partial charge in [-0.15, -0.1) is 0 Å². The Hall–Kier alpha value is -3.04. The van der Waals surface area contributed by atoms with Gasteiger partial charge < -0.3 is 15.2 Å². The number of nitrogens with zero attached hydrogens (tertiary/aromatic N) is 5. The maximum atomic E-state index is 15.3. The van der Waals surface area contributed by atoms with E-state index in [1.165, 1.54) is 21.7 Å². The summed E-state index contributed by atoms with van der Waals surface area (Å²) in [5, 5.41) is 6.03. The molecule has 5 heterocycles. The van der Waals surface area contributed by atoms with E-state index in [0.717, 1.165) is 36.1 Å². The van der Waals surface area contributed by atoms with Gasteiger partial charge in [-0.25, -0.2) is 18.3 Å². The highest BCUT2D eigenvalue weighted by Gasteiger charge is 2.30. The van der Waals surface area contributed by atoms with Gasteiger partial charge in [0.1, 0.15) is 34.0 Å². The van der Waals surface area contributed by atoms with Crippen LogP contribution in [0.3, 0.4) is 0 Å². The maximum Gasteiger partial charge on any atom is 0.255 e. The lowest BCUT2D eigenvalue weighted by Gasteiger charge is -2.32. The Balaban J connectivity index is 1.45. The lowest BCUT2D eigenvalue weighted by molar-refractivity contribution is 0.0605. The topological polar surface area (TPSA) is 81.5 Å². The van der Waals surface area contributed by atoms with Crippen molar-refractivity contribution in [2.45, 2.75) is 44.9 Å². The first-order valence-electron chi connectivity index (χ1n) is 11.8. The molecule has 1 saturated heterocycles. The molecule has 2 atom stereocenters. The number of pyridine rings is 2. The number of hydrogen-bond donors (Lipinski definition) is 1. The fourth-order valence-corrected chi connectivity index (χ4v) is 5.24. The van der Waals surface area contributed by atoms with Gasteiger partial charge in [0.2, 0.25) is 0 Å². The molecule has 4 aromatic rings. The number of carbonyl (C=O) groups excluding carboxylic acids is 1. The zero-order valence-electron chi connectivity index (χ0n) is 19.2. The summed E-state index contributed by atoms with van der Waals surface area (Å²) in [6.07, 6.45) is 2.85. The van der Waals surface area contributed by atoms with E-state index in [9.17, 15) is 9.18 Å². The molecule has 182 valence electrons. The Morgan fingerprint density at radius 1 is 1.26 bits per heavy atom. The first-order chi connectivity index (χ1) is 16.8. The largest absolute Gasteiger partial charge is 0.334 e. The molecule has 0 spiro atoms. The van der Waals surface area contributed by atoms with E-state index in [1.807, 2.05) is 19.1 Å². The highest BCUT2D eigenvalue weighted by atomic mass is 35.5. The lowest BCUT2D eigenvalue weighted by atomic mass is 10.0. The van der Waals surface area contributed by atoms with Crippen molar-refractivity contribution in [2.24, 2.45) is 11.7 Å². The summed E-state index contributed by atoms with van der Waals surface area (Å²) in [5.74, 6) is -0.449. The molecule has 6 rings (SSSR count). The van der Waals surface area contributed by atoms with Gasteiger partial charge >= 0.3 is 0 Å². The second-order valence-electron chi connectivity index (χ2n) is 9.78. The van der Waals surface area contributed by atoms with Crippen LogP contribution in [-0.4, -0.2) is 55.3 Å². The summed E-state index contributed by atoms with van der Waals surface area (Å²) in [6, 6.07) is 6.42. The molecule has 4 aromatic heterocycles. The minimum Gasteiger partial charge on any atom is -0.334 e. The summed E-state index contributed by atoms with van der Waals surface area (Å²) in [5.41, 5.74) is 9.18. The summed E-state index contributed by atoms with van der Waals surface area (Å²) < 4.78 is 32.8. The van der Waals surface area contributed by atoms with Gasteiger partial charge in [0.15, 0.2) is 0 Å². The van der Waals surface area contributed by atoms with E-state index in [4.69, 9.17) is 22.4 Å². The number of amides is 1. The Morgan fingerprint density at radius 3 is 2.80 bits per heavy atom. The first-order valence-corrected chi connectivity index (χ1v) is 12.2. The molecule has 35 heavy (non-hydrogen) atoms. The molecule has 1 saturated carbocycles. The molecule has 0 radical (unpaired) electrons. The smallest absolute Gasteiger partial charge is 0.255 e. The average Bonchev–Trinajstić information content (AvgIpc) is 3.48. The minimum absolute atomic E-state index is 0.0492. The van der Waals surface area contributed by atoms with E-state index in [1.54, 1.807) is 6.07 Å². The Morgan fingerprint density at radius 2 is 2.06 bits per heavy atom. The SMILES string of the molecule is Cc1c(-c2cc3ccc(Cl)nc3n2CC2CC2)nn2cc(C(=O)N3C[C@H](N)C[C@@H](F)C3)cc(F)c12. The molecule has 10 heteroatoms. The van der Waals surface area contributed by atoms with E-state index in [-0.39, 0.29) is 25.1 Å². The Kier molecular flexibility index (Phi) is 5.30. The highest BCUT2D eigenvalue weighted by molar-refractivity contribution is 6.29. The number of nitrogens with two attached hydrogens (primary N) is 1. The predicted octanol–water partition coefficient (Wildman–Crippen LogP) is 4.37. The minimum atomic E-state index is -1.19. The van der Waals surface area contributed by atoms with Crippen LogP contribution in [0.1, 0.15) is 35.2 Å². The van der Waals surface area contributed by atoms with Gasteiger partial charge in [0.05, 0.1) is 17.8 Å². The van der Waals surface area contributed by atoms with Crippen LogP contribution in [0.15, 0.2) is 30.5 Å². The first kappa shape index (κ1) is 22.4. The number of carbonyl (C=O) groups is 1. The van der Waals surface area contributed by atoms with Crippen molar-refractivity contribution in [3.63, 3.8) is 0 Å². The zero-order chi connectivity index (χ0) is 24.4. The molecule has 2 N–H and O–H groups in total. The normalized spacial score (nSPS) is 20.8. The van der Waals surface area contributed by atoms with E-state index >= 15 is 4.39 Å². The summed E-state index contributed by atoms with van der Waals surface area (Å²) in [4.78, 5) is 18.9. The summed E-state index contributed by atoms with van der Waals surface area (Å²) in [7, 11) is 0. The predicted molar refractivity (Wildman–Crippen MR) is 130 cm³/mol.